The van der Waals surface area contributed by atoms with Crippen LogP contribution in [0.4, 0.5) is 11.8 Å². The molecule has 42 heavy (non-hydrogen) atoms. The van der Waals surface area contributed by atoms with E-state index in [2.05, 4.69) is 49.9 Å². The lowest BCUT2D eigenvalue weighted by molar-refractivity contribution is -0.123. The van der Waals surface area contributed by atoms with Crippen LogP contribution in [0.5, 0.6) is 5.75 Å². The number of ether oxygens (including phenoxy) is 2. The zero-order chi connectivity index (χ0) is 29.7. The summed E-state index contributed by atoms with van der Waals surface area (Å²) in [4.78, 5) is 24.6. The molecule has 2 aromatic heterocycles. The Morgan fingerprint density at radius 1 is 1.17 bits per heavy atom. The summed E-state index contributed by atoms with van der Waals surface area (Å²) in [5.74, 6) is 1.29. The van der Waals surface area contributed by atoms with E-state index in [-0.39, 0.29) is 24.8 Å². The Kier molecular flexibility index (Phi) is 8.86. The number of nitrogen functional groups attached to an aromatic ring is 1. The summed E-state index contributed by atoms with van der Waals surface area (Å²) in [5, 5.41) is 16.1. The molecule has 1 amide bonds. The van der Waals surface area contributed by atoms with Crippen LogP contribution >= 0.6 is 0 Å². The molecule has 0 unspecified atom stereocenters. The Labute approximate surface area is 244 Å². The van der Waals surface area contributed by atoms with E-state index in [9.17, 15) is 9.90 Å². The van der Waals surface area contributed by atoms with Crippen molar-refractivity contribution in [1.29, 1.82) is 0 Å². The van der Waals surface area contributed by atoms with Crippen molar-refractivity contribution in [2.75, 3.05) is 30.8 Å². The van der Waals surface area contributed by atoms with Gasteiger partial charge in [-0.25, -0.2) is 15.0 Å². The number of hydrogen-bond acceptors (Lipinski definition) is 10. The molecule has 0 spiro atoms. The number of rotatable bonds is 13. The van der Waals surface area contributed by atoms with Crippen molar-refractivity contribution in [3.8, 4) is 16.9 Å². The fourth-order valence-corrected chi connectivity index (χ4v) is 4.85. The number of aromatic nitrogens is 4. The molecular weight excluding hydrogens is 536 g/mol. The summed E-state index contributed by atoms with van der Waals surface area (Å²) in [6.07, 6.45) is 3.12. The Morgan fingerprint density at radius 2 is 1.98 bits per heavy atom. The second kappa shape index (κ2) is 12.7. The van der Waals surface area contributed by atoms with Crippen LogP contribution in [0.25, 0.3) is 22.3 Å². The monoisotopic (exact) mass is 574 g/mol. The summed E-state index contributed by atoms with van der Waals surface area (Å²) < 4.78 is 13.9. The summed E-state index contributed by atoms with van der Waals surface area (Å²) in [7, 11) is 0. The van der Waals surface area contributed by atoms with Crippen LogP contribution in [-0.2, 0) is 16.1 Å². The number of benzene rings is 2. The van der Waals surface area contributed by atoms with Gasteiger partial charge in [-0.15, -0.1) is 0 Å². The Bertz CT molecular complexity index is 1520. The van der Waals surface area contributed by atoms with E-state index in [4.69, 9.17) is 20.9 Å². The van der Waals surface area contributed by atoms with Gasteiger partial charge in [0.05, 0.1) is 24.9 Å². The van der Waals surface area contributed by atoms with Gasteiger partial charge in [-0.05, 0) is 68.5 Å². The van der Waals surface area contributed by atoms with Gasteiger partial charge in [0.25, 0.3) is 0 Å². The summed E-state index contributed by atoms with van der Waals surface area (Å²) in [5.41, 5.74) is 15.0. The van der Waals surface area contributed by atoms with E-state index in [1.54, 1.807) is 13.8 Å². The first-order valence-electron chi connectivity index (χ1n) is 14.1. The maximum Gasteiger partial charge on any atom is 0.237 e. The largest absolute Gasteiger partial charge is 0.494 e. The SMILES string of the molecule is CC(C)(NCCCOc1cccc(-c2ccc(CNc3nc4c(N)ncnc4n3[C@H]3CC[C@@H](CO)O3)cc2)c1)C(N)=O. The molecule has 1 aliphatic heterocycles. The van der Waals surface area contributed by atoms with Crippen LogP contribution in [0.2, 0.25) is 0 Å². The Hall–Kier alpha value is -4.26. The molecule has 0 saturated carbocycles. The van der Waals surface area contributed by atoms with Gasteiger partial charge in [0.2, 0.25) is 11.9 Å². The number of hydrogen-bond donors (Lipinski definition) is 5. The molecule has 2 atom stereocenters. The van der Waals surface area contributed by atoms with Crippen molar-refractivity contribution < 1.29 is 19.4 Å². The van der Waals surface area contributed by atoms with E-state index < -0.39 is 5.54 Å². The highest BCUT2D eigenvalue weighted by molar-refractivity contribution is 5.84. The molecule has 1 saturated heterocycles. The third-order valence-electron chi connectivity index (χ3n) is 7.43. The highest BCUT2D eigenvalue weighted by Gasteiger charge is 2.30. The molecule has 7 N–H and O–H groups in total. The number of nitrogens with one attached hydrogen (secondary N) is 2. The van der Waals surface area contributed by atoms with E-state index in [1.807, 2.05) is 28.8 Å². The van der Waals surface area contributed by atoms with Gasteiger partial charge in [0, 0.05) is 6.54 Å². The van der Waals surface area contributed by atoms with Gasteiger partial charge in [-0.3, -0.25) is 9.36 Å². The molecule has 1 fully saturated rings. The van der Waals surface area contributed by atoms with Gasteiger partial charge in [-0.1, -0.05) is 36.4 Å². The quantitative estimate of drug-likeness (QED) is 0.149. The number of nitrogens with zero attached hydrogens (tertiary/aromatic N) is 4. The number of amides is 1. The zero-order valence-corrected chi connectivity index (χ0v) is 23.9. The van der Waals surface area contributed by atoms with Gasteiger partial charge in [-0.2, -0.15) is 0 Å². The highest BCUT2D eigenvalue weighted by Crippen LogP contribution is 2.34. The minimum Gasteiger partial charge on any atom is -0.494 e. The zero-order valence-electron chi connectivity index (χ0n) is 23.9. The lowest BCUT2D eigenvalue weighted by atomic mass is 10.0. The molecule has 4 aromatic rings. The number of carbonyl (C=O) groups is 1. The summed E-state index contributed by atoms with van der Waals surface area (Å²) in [6.45, 7) is 5.17. The second-order valence-electron chi connectivity index (χ2n) is 10.9. The molecule has 0 aliphatic carbocycles. The lowest BCUT2D eigenvalue weighted by Gasteiger charge is -2.22. The highest BCUT2D eigenvalue weighted by atomic mass is 16.5. The fourth-order valence-electron chi connectivity index (χ4n) is 4.85. The first-order chi connectivity index (χ1) is 20.2. The minimum atomic E-state index is -0.743. The third-order valence-corrected chi connectivity index (χ3v) is 7.43. The van der Waals surface area contributed by atoms with Gasteiger partial charge >= 0.3 is 0 Å². The predicted octanol–water partition coefficient (Wildman–Crippen LogP) is 2.98. The number of fused-ring (bicyclic) bond motifs is 1. The number of aliphatic hydroxyl groups excluding tert-OH is 1. The van der Waals surface area contributed by atoms with Crippen molar-refractivity contribution in [2.24, 2.45) is 5.73 Å². The number of nitrogens with two attached hydrogens (primary N) is 2. The summed E-state index contributed by atoms with van der Waals surface area (Å²) >= 11 is 0. The molecule has 12 nitrogen and oxygen atoms in total. The molecular formula is C30H38N8O4. The van der Waals surface area contributed by atoms with Crippen LogP contribution in [-0.4, -0.2) is 61.9 Å². The number of primary amides is 1. The first-order valence-corrected chi connectivity index (χ1v) is 14.1. The Balaban J connectivity index is 1.21. The number of imidazole rings is 1. The Morgan fingerprint density at radius 3 is 2.71 bits per heavy atom. The van der Waals surface area contributed by atoms with Crippen molar-refractivity contribution in [3.05, 3.63) is 60.4 Å². The van der Waals surface area contributed by atoms with Crippen LogP contribution in [0.3, 0.4) is 0 Å². The normalized spacial score (nSPS) is 17.0. The van der Waals surface area contributed by atoms with Crippen LogP contribution in [0.1, 0.15) is 44.9 Å². The predicted molar refractivity (Wildman–Crippen MR) is 161 cm³/mol. The number of anilines is 2. The second-order valence-corrected chi connectivity index (χ2v) is 10.9. The average molecular weight is 575 g/mol. The van der Waals surface area contributed by atoms with Gasteiger partial charge in [0.15, 0.2) is 17.0 Å². The van der Waals surface area contributed by atoms with Crippen molar-refractivity contribution >= 4 is 28.8 Å². The molecule has 2 aromatic carbocycles. The van der Waals surface area contributed by atoms with Crippen LogP contribution in [0.15, 0.2) is 54.9 Å². The molecule has 222 valence electrons. The van der Waals surface area contributed by atoms with Gasteiger partial charge in [0.1, 0.15) is 18.3 Å². The van der Waals surface area contributed by atoms with Crippen molar-refractivity contribution in [2.45, 2.75) is 57.5 Å². The summed E-state index contributed by atoms with van der Waals surface area (Å²) in [6, 6.07) is 16.3. The van der Waals surface area contributed by atoms with E-state index >= 15 is 0 Å². The molecule has 3 heterocycles. The molecule has 5 rings (SSSR count). The van der Waals surface area contributed by atoms with Crippen LogP contribution < -0.4 is 26.8 Å². The molecule has 12 heteroatoms. The van der Waals surface area contributed by atoms with Crippen molar-refractivity contribution in [3.63, 3.8) is 0 Å². The molecule has 0 bridgehead atoms. The average Bonchev–Trinajstić information content (AvgIpc) is 3.61. The number of carbonyl (C=O) groups excluding carboxylic acids is 1. The maximum atomic E-state index is 11.4. The third kappa shape index (κ3) is 6.62. The van der Waals surface area contributed by atoms with Crippen molar-refractivity contribution in [1.82, 2.24) is 24.8 Å². The van der Waals surface area contributed by atoms with E-state index in [1.165, 1.54) is 6.33 Å². The molecule has 0 radical (unpaired) electrons. The van der Waals surface area contributed by atoms with E-state index in [0.29, 0.717) is 42.6 Å². The van der Waals surface area contributed by atoms with Crippen LogP contribution in [0, 0.1) is 0 Å². The standard InChI is InChI=1S/C30H38N8O4/c1-30(2,28(32)40)36-13-4-14-41-22-6-3-5-21(15-22)20-9-7-19(8-10-20)16-33-29-37-25-26(31)34-18-35-27(25)38(29)24-12-11-23(17-39)42-24/h3,5-10,15,18,23-24,36,39H,4,11-14,16-17H2,1-2H3,(H2,32,40)(H,33,37)(H2,31,34,35)/t23-,24+/m0/s1. The van der Waals surface area contributed by atoms with E-state index in [0.717, 1.165) is 41.7 Å². The minimum absolute atomic E-state index is 0.0290. The van der Waals surface area contributed by atoms with Gasteiger partial charge < -0.3 is 36.7 Å². The first kappa shape index (κ1) is 29.2. The smallest absolute Gasteiger partial charge is 0.237 e. The molecule has 1 aliphatic rings. The fraction of sp³-hybridized carbons (Fsp3) is 0.400. The maximum absolute atomic E-state index is 11.4. The lowest BCUT2D eigenvalue weighted by Crippen LogP contribution is -2.51. The topological polar surface area (TPSA) is 175 Å². The number of aliphatic hydroxyl groups is 1.